The number of hydrogen-bond donors (Lipinski definition) is 2. The van der Waals surface area contributed by atoms with E-state index in [1.54, 1.807) is 0 Å². The number of nitrogens with one attached hydrogen (secondary N) is 2. The van der Waals surface area contributed by atoms with E-state index in [2.05, 4.69) is 36.1 Å². The predicted octanol–water partition coefficient (Wildman–Crippen LogP) is 3.56. The molecule has 19 heavy (non-hydrogen) atoms. The summed E-state index contributed by atoms with van der Waals surface area (Å²) in [5.74, 6) is 0.441. The standard InChI is InChI=1S/C13H28N2O2.C2H6/c1-10(2)12(15-13(16)17-5)9-7-6-8-11(3)14-4;1-2/h10-12,14H,6-9H2,1-5H3,(H,15,16);1-2H3/t11-,12?;/m1./s1. The minimum absolute atomic E-state index is 0.215. The van der Waals surface area contributed by atoms with Crippen molar-refractivity contribution in [1.82, 2.24) is 10.6 Å². The van der Waals surface area contributed by atoms with E-state index < -0.39 is 0 Å². The molecule has 0 fully saturated rings. The summed E-state index contributed by atoms with van der Waals surface area (Å²) >= 11 is 0. The molecule has 4 nitrogen and oxygen atoms in total. The molecule has 0 rings (SSSR count). The van der Waals surface area contributed by atoms with E-state index >= 15 is 0 Å². The number of carbonyl (C=O) groups excluding carboxylic acids is 1. The third-order valence-electron chi connectivity index (χ3n) is 3.19. The van der Waals surface area contributed by atoms with Crippen LogP contribution in [0.15, 0.2) is 0 Å². The number of unbranched alkanes of at least 4 members (excludes halogenated alkanes) is 1. The Bertz CT molecular complexity index is 208. The number of methoxy groups -OCH3 is 1. The molecule has 0 aromatic heterocycles. The van der Waals surface area contributed by atoms with Crippen molar-refractivity contribution < 1.29 is 9.53 Å². The van der Waals surface area contributed by atoms with Crippen molar-refractivity contribution in [2.45, 2.75) is 72.4 Å². The van der Waals surface area contributed by atoms with Crippen LogP contribution in [-0.4, -0.2) is 32.3 Å². The molecule has 0 aliphatic heterocycles. The highest BCUT2D eigenvalue weighted by Crippen LogP contribution is 2.12. The minimum atomic E-state index is -0.327. The highest BCUT2D eigenvalue weighted by Gasteiger charge is 2.15. The fourth-order valence-electron chi connectivity index (χ4n) is 1.74. The van der Waals surface area contributed by atoms with E-state index in [1.165, 1.54) is 20.0 Å². The summed E-state index contributed by atoms with van der Waals surface area (Å²) in [6.45, 7) is 10.4. The van der Waals surface area contributed by atoms with Crippen LogP contribution in [0.25, 0.3) is 0 Å². The zero-order chi connectivity index (χ0) is 15.3. The van der Waals surface area contributed by atoms with Gasteiger partial charge in [0.25, 0.3) is 0 Å². The van der Waals surface area contributed by atoms with Crippen molar-refractivity contribution in [3.05, 3.63) is 0 Å². The van der Waals surface area contributed by atoms with Gasteiger partial charge >= 0.3 is 6.09 Å². The molecule has 0 spiro atoms. The van der Waals surface area contributed by atoms with Gasteiger partial charge in [-0.2, -0.15) is 0 Å². The summed E-state index contributed by atoms with van der Waals surface area (Å²) in [7, 11) is 3.39. The first kappa shape index (κ1) is 20.5. The van der Waals surface area contributed by atoms with E-state index in [1.807, 2.05) is 20.9 Å². The van der Waals surface area contributed by atoms with Gasteiger partial charge in [-0.25, -0.2) is 4.79 Å². The number of carbonyl (C=O) groups is 1. The van der Waals surface area contributed by atoms with Crippen molar-refractivity contribution in [2.75, 3.05) is 14.2 Å². The lowest BCUT2D eigenvalue weighted by molar-refractivity contribution is 0.161. The molecule has 2 N–H and O–H groups in total. The van der Waals surface area contributed by atoms with E-state index in [9.17, 15) is 4.79 Å². The zero-order valence-corrected chi connectivity index (χ0v) is 13.9. The Kier molecular flexibility index (Phi) is 14.8. The Balaban J connectivity index is 0. The van der Waals surface area contributed by atoms with Crippen molar-refractivity contribution in [2.24, 2.45) is 5.92 Å². The Morgan fingerprint density at radius 1 is 1.11 bits per heavy atom. The average Bonchev–Trinajstić information content (AvgIpc) is 2.43. The Morgan fingerprint density at radius 3 is 2.05 bits per heavy atom. The summed E-state index contributed by atoms with van der Waals surface area (Å²) in [4.78, 5) is 11.2. The maximum atomic E-state index is 11.2. The number of hydrogen-bond acceptors (Lipinski definition) is 3. The third-order valence-corrected chi connectivity index (χ3v) is 3.19. The van der Waals surface area contributed by atoms with Crippen molar-refractivity contribution in [3.8, 4) is 0 Å². The molecule has 0 saturated heterocycles. The lowest BCUT2D eigenvalue weighted by Crippen LogP contribution is -2.38. The van der Waals surface area contributed by atoms with E-state index in [4.69, 9.17) is 0 Å². The maximum absolute atomic E-state index is 11.2. The highest BCUT2D eigenvalue weighted by atomic mass is 16.5. The van der Waals surface area contributed by atoms with Gasteiger partial charge in [0.2, 0.25) is 0 Å². The summed E-state index contributed by atoms with van der Waals surface area (Å²) in [5.41, 5.74) is 0. The average molecular weight is 274 g/mol. The first-order valence-corrected chi connectivity index (χ1v) is 7.53. The normalized spacial score (nSPS) is 13.3. The second-order valence-corrected chi connectivity index (χ2v) is 4.96. The zero-order valence-electron chi connectivity index (χ0n) is 13.9. The summed E-state index contributed by atoms with van der Waals surface area (Å²) in [6, 6.07) is 0.786. The topological polar surface area (TPSA) is 50.4 Å². The van der Waals surface area contributed by atoms with Gasteiger partial charge in [0.05, 0.1) is 7.11 Å². The second kappa shape index (κ2) is 13.7. The van der Waals surface area contributed by atoms with Crippen molar-refractivity contribution in [3.63, 3.8) is 0 Å². The summed E-state index contributed by atoms with van der Waals surface area (Å²) in [5, 5.41) is 6.12. The van der Waals surface area contributed by atoms with Crippen LogP contribution < -0.4 is 10.6 Å². The molecular formula is C15H34N2O2. The summed E-state index contributed by atoms with van der Waals surface area (Å²) < 4.78 is 4.63. The number of alkyl carbamates (subject to hydrolysis) is 1. The molecule has 0 aromatic carbocycles. The van der Waals surface area contributed by atoms with Gasteiger partial charge in [0, 0.05) is 12.1 Å². The monoisotopic (exact) mass is 274 g/mol. The largest absolute Gasteiger partial charge is 0.453 e. The Morgan fingerprint density at radius 2 is 1.63 bits per heavy atom. The first-order valence-electron chi connectivity index (χ1n) is 7.53. The molecule has 0 heterocycles. The van der Waals surface area contributed by atoms with Crippen molar-refractivity contribution in [1.29, 1.82) is 0 Å². The van der Waals surface area contributed by atoms with Gasteiger partial charge in [-0.3, -0.25) is 0 Å². The second-order valence-electron chi connectivity index (χ2n) is 4.96. The molecule has 0 bridgehead atoms. The SMILES string of the molecule is CC.CN[C@H](C)CCCCC(NC(=O)OC)C(C)C. The van der Waals surface area contributed by atoms with Crippen LogP contribution in [0.2, 0.25) is 0 Å². The van der Waals surface area contributed by atoms with Gasteiger partial charge in [-0.05, 0) is 32.7 Å². The van der Waals surface area contributed by atoms with Gasteiger partial charge in [0.1, 0.15) is 0 Å². The van der Waals surface area contributed by atoms with Crippen molar-refractivity contribution >= 4 is 6.09 Å². The van der Waals surface area contributed by atoms with Gasteiger partial charge < -0.3 is 15.4 Å². The molecule has 1 unspecified atom stereocenters. The molecule has 0 aliphatic carbocycles. The quantitative estimate of drug-likeness (QED) is 0.665. The first-order chi connectivity index (χ1) is 9.01. The van der Waals surface area contributed by atoms with Crippen LogP contribution >= 0.6 is 0 Å². The number of amides is 1. The smallest absolute Gasteiger partial charge is 0.407 e. The lowest BCUT2D eigenvalue weighted by Gasteiger charge is -2.21. The highest BCUT2D eigenvalue weighted by molar-refractivity contribution is 5.67. The molecular weight excluding hydrogens is 240 g/mol. The van der Waals surface area contributed by atoms with Gasteiger partial charge in [-0.1, -0.05) is 40.5 Å². The molecule has 1 amide bonds. The lowest BCUT2D eigenvalue weighted by atomic mass is 9.97. The summed E-state index contributed by atoms with van der Waals surface area (Å²) in [6.07, 6.45) is 4.20. The molecule has 2 atom stereocenters. The Labute approximate surface area is 119 Å². The minimum Gasteiger partial charge on any atom is -0.453 e. The van der Waals surface area contributed by atoms with E-state index in [0.29, 0.717) is 12.0 Å². The van der Waals surface area contributed by atoms with E-state index in [-0.39, 0.29) is 12.1 Å². The van der Waals surface area contributed by atoms with Gasteiger partial charge in [-0.15, -0.1) is 0 Å². The van der Waals surface area contributed by atoms with Crippen LogP contribution in [0.3, 0.4) is 0 Å². The van der Waals surface area contributed by atoms with Crippen LogP contribution in [0.5, 0.6) is 0 Å². The molecule has 0 aliphatic rings. The van der Waals surface area contributed by atoms with Crippen LogP contribution in [-0.2, 0) is 4.74 Å². The number of rotatable bonds is 8. The fourth-order valence-corrected chi connectivity index (χ4v) is 1.74. The molecule has 4 heteroatoms. The van der Waals surface area contributed by atoms with Crippen LogP contribution in [0.4, 0.5) is 4.79 Å². The predicted molar refractivity (Wildman–Crippen MR) is 82.5 cm³/mol. The van der Waals surface area contributed by atoms with Gasteiger partial charge in [0.15, 0.2) is 0 Å². The third kappa shape index (κ3) is 12.0. The maximum Gasteiger partial charge on any atom is 0.407 e. The fraction of sp³-hybridized carbons (Fsp3) is 0.933. The molecule has 116 valence electrons. The van der Waals surface area contributed by atoms with E-state index in [0.717, 1.165) is 12.8 Å². The van der Waals surface area contributed by atoms with Crippen LogP contribution in [0.1, 0.15) is 60.3 Å². The number of ether oxygens (including phenoxy) is 1. The van der Waals surface area contributed by atoms with Crippen LogP contribution in [0, 0.1) is 5.92 Å². The Hall–Kier alpha value is -0.770. The molecule has 0 radical (unpaired) electrons. The molecule has 0 aromatic rings. The molecule has 0 saturated carbocycles.